The second-order valence-electron chi connectivity index (χ2n) is 4.76. The molecule has 0 aliphatic carbocycles. The number of halogens is 1. The normalized spacial score (nSPS) is 18.8. The van der Waals surface area contributed by atoms with Crippen molar-refractivity contribution in [1.82, 2.24) is 4.90 Å². The zero-order valence-electron chi connectivity index (χ0n) is 10.8. The molecule has 1 heterocycles. The van der Waals surface area contributed by atoms with Crippen LogP contribution in [0, 0.1) is 5.92 Å². The summed E-state index contributed by atoms with van der Waals surface area (Å²) in [4.78, 5) is 15.0. The summed E-state index contributed by atoms with van der Waals surface area (Å²) in [6, 6.07) is 7.73. The summed E-state index contributed by atoms with van der Waals surface area (Å²) in [6.07, 6.45) is 1.60. The Kier molecular flexibility index (Phi) is 5.55. The van der Waals surface area contributed by atoms with Crippen LogP contribution in [0.1, 0.15) is 12.8 Å². The van der Waals surface area contributed by atoms with Crippen LogP contribution in [0.25, 0.3) is 0 Å². The maximum atomic E-state index is 12.0. The Balaban J connectivity index is 1.74. The summed E-state index contributed by atoms with van der Waals surface area (Å²) >= 11 is 7.71. The van der Waals surface area contributed by atoms with Crippen LogP contribution in [0.3, 0.4) is 0 Å². The van der Waals surface area contributed by atoms with Gasteiger partial charge in [-0.3, -0.25) is 4.79 Å². The zero-order chi connectivity index (χ0) is 13.7. The number of amides is 1. The first kappa shape index (κ1) is 14.7. The molecule has 0 spiro atoms. The van der Waals surface area contributed by atoms with Gasteiger partial charge in [0, 0.05) is 30.2 Å². The molecule has 1 fully saturated rings. The molecule has 0 saturated carbocycles. The highest BCUT2D eigenvalue weighted by atomic mass is 35.5. The van der Waals surface area contributed by atoms with E-state index < -0.39 is 0 Å². The second kappa shape index (κ2) is 7.17. The van der Waals surface area contributed by atoms with E-state index >= 15 is 0 Å². The predicted molar refractivity (Wildman–Crippen MR) is 80.5 cm³/mol. The third-order valence-corrected chi connectivity index (χ3v) is 4.90. The third-order valence-electron chi connectivity index (χ3n) is 3.38. The van der Waals surface area contributed by atoms with Crippen molar-refractivity contribution in [2.75, 3.05) is 25.4 Å². The van der Waals surface area contributed by atoms with Gasteiger partial charge in [-0.1, -0.05) is 23.7 Å². The number of hydrogen-bond acceptors (Lipinski definition) is 3. The molecule has 1 aromatic carbocycles. The maximum Gasteiger partial charge on any atom is 0.223 e. The number of thioether (sulfide) groups is 1. The van der Waals surface area contributed by atoms with E-state index in [1.165, 1.54) is 0 Å². The molecule has 19 heavy (non-hydrogen) atoms. The van der Waals surface area contributed by atoms with E-state index in [0.29, 0.717) is 18.9 Å². The highest BCUT2D eigenvalue weighted by Gasteiger charge is 2.24. The Hall–Kier alpha value is -0.710. The van der Waals surface area contributed by atoms with Gasteiger partial charge in [-0.2, -0.15) is 0 Å². The van der Waals surface area contributed by atoms with Gasteiger partial charge in [0.15, 0.2) is 0 Å². The summed E-state index contributed by atoms with van der Waals surface area (Å²) < 4.78 is 0. The molecule has 1 saturated heterocycles. The summed E-state index contributed by atoms with van der Waals surface area (Å²) in [6.45, 7) is 2.36. The number of hydrogen-bond donors (Lipinski definition) is 1. The predicted octanol–water partition coefficient (Wildman–Crippen LogP) is 2.63. The van der Waals surface area contributed by atoms with E-state index in [9.17, 15) is 4.79 Å². The van der Waals surface area contributed by atoms with Crippen molar-refractivity contribution < 1.29 is 4.79 Å². The fourth-order valence-electron chi connectivity index (χ4n) is 2.22. The van der Waals surface area contributed by atoms with Crippen LogP contribution in [-0.2, 0) is 4.79 Å². The molecule has 0 bridgehead atoms. The lowest BCUT2D eigenvalue weighted by Gasteiger charge is -2.16. The third kappa shape index (κ3) is 4.13. The second-order valence-corrected chi connectivity index (χ2v) is 6.30. The van der Waals surface area contributed by atoms with Crippen molar-refractivity contribution in [3.63, 3.8) is 0 Å². The van der Waals surface area contributed by atoms with E-state index in [2.05, 4.69) is 0 Å². The standard InChI is InChI=1S/C14H19ClN2OS/c15-12-3-1-2-4-13(12)19-8-6-14(18)17-7-5-11(9-16)10-17/h1-4,11H,5-10,16H2. The van der Waals surface area contributed by atoms with E-state index in [0.717, 1.165) is 35.2 Å². The van der Waals surface area contributed by atoms with Crippen LogP contribution in [0.15, 0.2) is 29.2 Å². The molecule has 3 nitrogen and oxygen atoms in total. The molecule has 1 atom stereocenters. The average Bonchev–Trinajstić information content (AvgIpc) is 2.90. The van der Waals surface area contributed by atoms with Crippen molar-refractivity contribution in [1.29, 1.82) is 0 Å². The summed E-state index contributed by atoms with van der Waals surface area (Å²) in [7, 11) is 0. The van der Waals surface area contributed by atoms with Crippen molar-refractivity contribution >= 4 is 29.3 Å². The largest absolute Gasteiger partial charge is 0.342 e. The Morgan fingerprint density at radius 2 is 2.26 bits per heavy atom. The Morgan fingerprint density at radius 3 is 2.95 bits per heavy atom. The minimum absolute atomic E-state index is 0.232. The molecule has 1 amide bonds. The van der Waals surface area contributed by atoms with Gasteiger partial charge < -0.3 is 10.6 Å². The van der Waals surface area contributed by atoms with Crippen LogP contribution in [0.5, 0.6) is 0 Å². The average molecular weight is 299 g/mol. The molecule has 1 aliphatic heterocycles. The summed E-state index contributed by atoms with van der Waals surface area (Å²) in [5, 5.41) is 0.754. The number of rotatable bonds is 5. The number of nitrogens with zero attached hydrogens (tertiary/aromatic N) is 1. The summed E-state index contributed by atoms with van der Waals surface area (Å²) in [5.74, 6) is 1.49. The van der Waals surface area contributed by atoms with Crippen LogP contribution < -0.4 is 5.73 Å². The number of carbonyl (C=O) groups excluding carboxylic acids is 1. The molecule has 1 aliphatic rings. The van der Waals surface area contributed by atoms with Gasteiger partial charge >= 0.3 is 0 Å². The Bertz CT molecular complexity index is 441. The lowest BCUT2D eigenvalue weighted by Crippen LogP contribution is -2.30. The first-order chi connectivity index (χ1) is 9.20. The number of likely N-dealkylation sites (tertiary alicyclic amines) is 1. The molecule has 2 N–H and O–H groups in total. The van der Waals surface area contributed by atoms with Gasteiger partial charge in [0.05, 0.1) is 5.02 Å². The van der Waals surface area contributed by atoms with Crippen LogP contribution >= 0.6 is 23.4 Å². The van der Waals surface area contributed by atoms with E-state index in [4.69, 9.17) is 17.3 Å². The van der Waals surface area contributed by atoms with Gasteiger partial charge in [0.25, 0.3) is 0 Å². The molecule has 1 unspecified atom stereocenters. The van der Waals surface area contributed by atoms with Crippen molar-refractivity contribution in [3.05, 3.63) is 29.3 Å². The Labute approximate surface area is 123 Å². The molecule has 0 radical (unpaired) electrons. The monoisotopic (exact) mass is 298 g/mol. The van der Waals surface area contributed by atoms with Crippen LogP contribution in [0.2, 0.25) is 5.02 Å². The molecule has 0 aromatic heterocycles. The van der Waals surface area contributed by atoms with Gasteiger partial charge in [-0.25, -0.2) is 0 Å². The highest BCUT2D eigenvalue weighted by molar-refractivity contribution is 7.99. The first-order valence-electron chi connectivity index (χ1n) is 6.56. The van der Waals surface area contributed by atoms with E-state index in [-0.39, 0.29) is 5.91 Å². The highest BCUT2D eigenvalue weighted by Crippen LogP contribution is 2.27. The smallest absolute Gasteiger partial charge is 0.223 e. The fraction of sp³-hybridized carbons (Fsp3) is 0.500. The van der Waals surface area contributed by atoms with E-state index in [1.54, 1.807) is 11.8 Å². The molecule has 1 aromatic rings. The lowest BCUT2D eigenvalue weighted by atomic mass is 10.1. The van der Waals surface area contributed by atoms with Gasteiger partial charge in [-0.05, 0) is 31.0 Å². The lowest BCUT2D eigenvalue weighted by molar-refractivity contribution is -0.129. The molecular formula is C14H19ClN2OS. The van der Waals surface area contributed by atoms with E-state index in [1.807, 2.05) is 29.2 Å². The van der Waals surface area contributed by atoms with Crippen LogP contribution in [0.4, 0.5) is 0 Å². The van der Waals surface area contributed by atoms with Crippen molar-refractivity contribution in [2.45, 2.75) is 17.7 Å². The van der Waals surface area contributed by atoms with Crippen molar-refractivity contribution in [3.8, 4) is 0 Å². The first-order valence-corrected chi connectivity index (χ1v) is 7.92. The summed E-state index contributed by atoms with van der Waals surface area (Å²) in [5.41, 5.74) is 5.63. The Morgan fingerprint density at radius 1 is 1.47 bits per heavy atom. The maximum absolute atomic E-state index is 12.0. The fourth-order valence-corrected chi connectivity index (χ4v) is 3.40. The molecule has 5 heteroatoms. The molecule has 104 valence electrons. The van der Waals surface area contributed by atoms with Gasteiger partial charge in [0.1, 0.15) is 0 Å². The van der Waals surface area contributed by atoms with Gasteiger partial charge in [-0.15, -0.1) is 11.8 Å². The topological polar surface area (TPSA) is 46.3 Å². The van der Waals surface area contributed by atoms with Crippen molar-refractivity contribution in [2.24, 2.45) is 11.7 Å². The minimum Gasteiger partial charge on any atom is -0.342 e. The molecular weight excluding hydrogens is 280 g/mol. The zero-order valence-corrected chi connectivity index (χ0v) is 12.4. The van der Waals surface area contributed by atoms with Gasteiger partial charge in [0.2, 0.25) is 5.91 Å². The quantitative estimate of drug-likeness (QED) is 0.850. The number of carbonyl (C=O) groups is 1. The number of benzene rings is 1. The minimum atomic E-state index is 0.232. The van der Waals surface area contributed by atoms with Crippen LogP contribution in [-0.4, -0.2) is 36.2 Å². The molecule has 2 rings (SSSR count). The number of nitrogens with two attached hydrogens (primary N) is 1. The SMILES string of the molecule is NCC1CCN(C(=O)CCSc2ccccc2Cl)C1.